The van der Waals surface area contributed by atoms with E-state index in [-0.39, 0.29) is 5.92 Å². The summed E-state index contributed by atoms with van der Waals surface area (Å²) in [5.74, 6) is 0.865. The van der Waals surface area contributed by atoms with Gasteiger partial charge in [-0.1, -0.05) is 48.5 Å². The molecule has 0 N–H and O–H groups in total. The lowest BCUT2D eigenvalue weighted by Crippen LogP contribution is -2.30. The summed E-state index contributed by atoms with van der Waals surface area (Å²) in [5.41, 5.74) is 2.28. The molecule has 1 atom stereocenters. The molecule has 0 aliphatic carbocycles. The molecule has 2 aromatic rings. The predicted octanol–water partition coefficient (Wildman–Crippen LogP) is 3.19. The third kappa shape index (κ3) is 3.24. The lowest BCUT2D eigenvalue weighted by atomic mass is 10.00. The fourth-order valence-corrected chi connectivity index (χ4v) is 2.70. The van der Waals surface area contributed by atoms with Crippen LogP contribution in [-0.4, -0.2) is 24.6 Å². The summed E-state index contributed by atoms with van der Waals surface area (Å²) in [4.78, 5) is 2.30. The Balaban J connectivity index is 1.74. The van der Waals surface area contributed by atoms with Crippen molar-refractivity contribution in [2.75, 3.05) is 19.7 Å². The minimum Gasteiger partial charge on any atom is -0.492 e. The lowest BCUT2D eigenvalue weighted by Gasteiger charge is -2.22. The van der Waals surface area contributed by atoms with Crippen LogP contribution in [0.4, 0.5) is 0 Å². The number of benzene rings is 2. The number of nitriles is 1. The van der Waals surface area contributed by atoms with Crippen LogP contribution in [0.1, 0.15) is 17.0 Å². The van der Waals surface area contributed by atoms with Crippen molar-refractivity contribution in [3.8, 4) is 11.8 Å². The first-order valence-electron chi connectivity index (χ1n) is 7.24. The predicted molar refractivity (Wildman–Crippen MR) is 82.0 cm³/mol. The van der Waals surface area contributed by atoms with Gasteiger partial charge in [-0.3, -0.25) is 4.90 Å². The van der Waals surface area contributed by atoms with Crippen LogP contribution in [0.15, 0.2) is 54.6 Å². The van der Waals surface area contributed by atoms with Gasteiger partial charge in [-0.2, -0.15) is 5.26 Å². The first-order valence-corrected chi connectivity index (χ1v) is 7.24. The molecule has 0 aromatic heterocycles. The fourth-order valence-electron chi connectivity index (χ4n) is 2.70. The zero-order valence-electron chi connectivity index (χ0n) is 11.9. The van der Waals surface area contributed by atoms with Crippen molar-refractivity contribution in [1.82, 2.24) is 4.90 Å². The van der Waals surface area contributed by atoms with Crippen molar-refractivity contribution in [3.05, 3.63) is 65.7 Å². The van der Waals surface area contributed by atoms with E-state index in [9.17, 15) is 5.26 Å². The monoisotopic (exact) mass is 278 g/mol. The SMILES string of the molecule is N#CC(CN1CCOc2ccccc2C1)c1ccccc1. The van der Waals surface area contributed by atoms with Crippen molar-refractivity contribution in [3.63, 3.8) is 0 Å². The average molecular weight is 278 g/mol. The summed E-state index contributed by atoms with van der Waals surface area (Å²) in [7, 11) is 0. The summed E-state index contributed by atoms with van der Waals surface area (Å²) in [6.45, 7) is 3.09. The van der Waals surface area contributed by atoms with Gasteiger partial charge < -0.3 is 4.74 Å². The zero-order valence-corrected chi connectivity index (χ0v) is 11.9. The van der Waals surface area contributed by atoms with E-state index in [4.69, 9.17) is 4.74 Å². The van der Waals surface area contributed by atoms with Gasteiger partial charge in [-0.05, 0) is 11.6 Å². The Kier molecular flexibility index (Phi) is 4.18. The van der Waals surface area contributed by atoms with Crippen LogP contribution in [-0.2, 0) is 6.54 Å². The van der Waals surface area contributed by atoms with Crippen LogP contribution in [0.2, 0.25) is 0 Å². The van der Waals surface area contributed by atoms with E-state index >= 15 is 0 Å². The highest BCUT2D eigenvalue weighted by Gasteiger charge is 2.19. The summed E-state index contributed by atoms with van der Waals surface area (Å²) >= 11 is 0. The lowest BCUT2D eigenvalue weighted by molar-refractivity contribution is 0.223. The molecule has 3 heteroatoms. The Morgan fingerprint density at radius 2 is 1.86 bits per heavy atom. The summed E-state index contributed by atoms with van der Waals surface area (Å²) in [5, 5.41) is 9.47. The van der Waals surface area contributed by atoms with Crippen molar-refractivity contribution in [2.24, 2.45) is 0 Å². The number of para-hydroxylation sites is 1. The number of fused-ring (bicyclic) bond motifs is 1. The molecular weight excluding hydrogens is 260 g/mol. The molecule has 3 rings (SSSR count). The van der Waals surface area contributed by atoms with Crippen molar-refractivity contribution < 1.29 is 4.74 Å². The molecule has 0 radical (unpaired) electrons. The molecule has 106 valence electrons. The van der Waals surface area contributed by atoms with Gasteiger partial charge in [-0.25, -0.2) is 0 Å². The Hall–Kier alpha value is -2.31. The highest BCUT2D eigenvalue weighted by Crippen LogP contribution is 2.24. The summed E-state index contributed by atoms with van der Waals surface area (Å²) in [6.07, 6.45) is 0. The van der Waals surface area contributed by atoms with E-state index in [0.29, 0.717) is 6.61 Å². The molecule has 1 heterocycles. The van der Waals surface area contributed by atoms with E-state index < -0.39 is 0 Å². The topological polar surface area (TPSA) is 36.3 Å². The van der Waals surface area contributed by atoms with Crippen LogP contribution < -0.4 is 4.74 Å². The Labute approximate surface area is 125 Å². The Bertz CT molecular complexity index is 633. The standard InChI is InChI=1S/C18H18N2O/c19-12-17(15-6-2-1-3-7-15)14-20-10-11-21-18-9-5-4-8-16(18)13-20/h1-9,17H,10-11,13-14H2. The molecule has 0 amide bonds. The molecule has 1 unspecified atom stereocenters. The molecule has 0 saturated heterocycles. The average Bonchev–Trinajstić information content (AvgIpc) is 2.75. The summed E-state index contributed by atoms with van der Waals surface area (Å²) < 4.78 is 5.78. The second-order valence-electron chi connectivity index (χ2n) is 5.28. The smallest absolute Gasteiger partial charge is 0.123 e. The van der Waals surface area contributed by atoms with Crippen LogP contribution in [0, 0.1) is 11.3 Å². The van der Waals surface area contributed by atoms with E-state index in [2.05, 4.69) is 17.0 Å². The first kappa shape index (κ1) is 13.7. The van der Waals surface area contributed by atoms with Crippen LogP contribution in [0.25, 0.3) is 0 Å². The molecule has 1 aliphatic rings. The molecule has 21 heavy (non-hydrogen) atoms. The zero-order chi connectivity index (χ0) is 14.5. The first-order chi connectivity index (χ1) is 10.4. The highest BCUT2D eigenvalue weighted by molar-refractivity contribution is 5.34. The molecular formula is C18H18N2O. The van der Waals surface area contributed by atoms with Gasteiger partial charge in [0.15, 0.2) is 0 Å². The molecule has 2 aromatic carbocycles. The fraction of sp³-hybridized carbons (Fsp3) is 0.278. The van der Waals surface area contributed by atoms with Gasteiger partial charge in [0.25, 0.3) is 0 Å². The van der Waals surface area contributed by atoms with Gasteiger partial charge in [0.2, 0.25) is 0 Å². The number of nitrogens with zero attached hydrogens (tertiary/aromatic N) is 2. The second kappa shape index (κ2) is 6.43. The van der Waals surface area contributed by atoms with Crippen molar-refractivity contribution in [2.45, 2.75) is 12.5 Å². The Morgan fingerprint density at radius 3 is 2.67 bits per heavy atom. The van der Waals surface area contributed by atoms with E-state index in [1.54, 1.807) is 0 Å². The van der Waals surface area contributed by atoms with Crippen molar-refractivity contribution >= 4 is 0 Å². The van der Waals surface area contributed by atoms with Gasteiger partial charge in [0.05, 0.1) is 12.0 Å². The largest absolute Gasteiger partial charge is 0.492 e. The second-order valence-corrected chi connectivity index (χ2v) is 5.28. The Morgan fingerprint density at radius 1 is 1.10 bits per heavy atom. The number of hydrogen-bond donors (Lipinski definition) is 0. The van der Waals surface area contributed by atoms with Crippen LogP contribution >= 0.6 is 0 Å². The highest BCUT2D eigenvalue weighted by atomic mass is 16.5. The van der Waals surface area contributed by atoms with Crippen LogP contribution in [0.5, 0.6) is 5.75 Å². The van der Waals surface area contributed by atoms with Gasteiger partial charge in [0, 0.05) is 25.2 Å². The molecule has 0 saturated carbocycles. The molecule has 0 fully saturated rings. The van der Waals surface area contributed by atoms with Crippen molar-refractivity contribution in [1.29, 1.82) is 5.26 Å². The third-order valence-electron chi connectivity index (χ3n) is 3.83. The van der Waals surface area contributed by atoms with Gasteiger partial charge in [-0.15, -0.1) is 0 Å². The maximum absolute atomic E-state index is 9.47. The number of hydrogen-bond acceptors (Lipinski definition) is 3. The third-order valence-corrected chi connectivity index (χ3v) is 3.83. The van der Waals surface area contributed by atoms with Crippen LogP contribution in [0.3, 0.4) is 0 Å². The normalized spacial score (nSPS) is 16.1. The molecule has 0 spiro atoms. The summed E-state index contributed by atoms with van der Waals surface area (Å²) in [6, 6.07) is 20.6. The molecule has 1 aliphatic heterocycles. The quantitative estimate of drug-likeness (QED) is 0.865. The molecule has 3 nitrogen and oxygen atoms in total. The maximum Gasteiger partial charge on any atom is 0.123 e. The number of ether oxygens (including phenoxy) is 1. The van der Waals surface area contributed by atoms with Gasteiger partial charge in [0.1, 0.15) is 12.4 Å². The maximum atomic E-state index is 9.47. The van der Waals surface area contributed by atoms with E-state index in [0.717, 1.165) is 30.9 Å². The van der Waals surface area contributed by atoms with E-state index in [1.165, 1.54) is 5.56 Å². The number of rotatable bonds is 3. The minimum absolute atomic E-state index is 0.100. The molecule has 0 bridgehead atoms. The minimum atomic E-state index is -0.100. The van der Waals surface area contributed by atoms with E-state index in [1.807, 2.05) is 48.5 Å². The van der Waals surface area contributed by atoms with Gasteiger partial charge >= 0.3 is 0 Å².